The van der Waals surface area contributed by atoms with Crippen molar-refractivity contribution in [1.29, 1.82) is 0 Å². The summed E-state index contributed by atoms with van der Waals surface area (Å²) in [4.78, 5) is 11.8. The van der Waals surface area contributed by atoms with Crippen LogP contribution in [0.15, 0.2) is 23.1 Å². The van der Waals surface area contributed by atoms with Crippen molar-refractivity contribution in [3.8, 4) is 0 Å². The van der Waals surface area contributed by atoms with Gasteiger partial charge in [-0.25, -0.2) is 12.8 Å². The number of rotatable bonds is 5. The van der Waals surface area contributed by atoms with Crippen LogP contribution >= 0.6 is 0 Å². The summed E-state index contributed by atoms with van der Waals surface area (Å²) in [6.07, 6.45) is 0. The minimum Gasteiger partial charge on any atom is -0.379 e. The van der Waals surface area contributed by atoms with Crippen molar-refractivity contribution in [2.45, 2.75) is 31.7 Å². The number of ether oxygens (including phenoxy) is 1. The second kappa shape index (κ2) is 7.58. The Morgan fingerprint density at radius 1 is 1.25 bits per heavy atom. The van der Waals surface area contributed by atoms with Crippen molar-refractivity contribution in [2.24, 2.45) is 5.92 Å². The Labute approximate surface area is 142 Å². The van der Waals surface area contributed by atoms with Crippen molar-refractivity contribution < 1.29 is 22.3 Å². The van der Waals surface area contributed by atoms with E-state index in [1.54, 1.807) is 0 Å². The Hall–Kier alpha value is -1.51. The van der Waals surface area contributed by atoms with E-state index in [0.717, 1.165) is 12.1 Å². The first-order valence-corrected chi connectivity index (χ1v) is 9.36. The molecule has 1 fully saturated rings. The number of carbonyl (C=O) groups excluding carboxylic acids is 1. The predicted octanol–water partition coefficient (Wildman–Crippen LogP) is 1.62. The van der Waals surface area contributed by atoms with E-state index in [-0.39, 0.29) is 43.8 Å². The summed E-state index contributed by atoms with van der Waals surface area (Å²) in [5, 5.41) is 2.78. The highest BCUT2D eigenvalue weighted by Crippen LogP contribution is 2.22. The number of hydrogen-bond acceptors (Lipinski definition) is 4. The van der Waals surface area contributed by atoms with Crippen molar-refractivity contribution in [3.63, 3.8) is 0 Å². The fourth-order valence-corrected chi connectivity index (χ4v) is 3.72. The predicted molar refractivity (Wildman–Crippen MR) is 87.7 cm³/mol. The van der Waals surface area contributed by atoms with Crippen LogP contribution in [0.4, 0.5) is 4.39 Å². The van der Waals surface area contributed by atoms with Gasteiger partial charge in [0, 0.05) is 24.7 Å². The number of nitrogens with zero attached hydrogens (tertiary/aromatic N) is 1. The zero-order valence-corrected chi connectivity index (χ0v) is 14.9. The topological polar surface area (TPSA) is 75.7 Å². The largest absolute Gasteiger partial charge is 0.379 e. The quantitative estimate of drug-likeness (QED) is 0.868. The van der Waals surface area contributed by atoms with Crippen LogP contribution in [0.5, 0.6) is 0 Å². The average Bonchev–Trinajstić information content (AvgIpc) is 2.55. The van der Waals surface area contributed by atoms with Gasteiger partial charge in [-0.15, -0.1) is 0 Å². The summed E-state index contributed by atoms with van der Waals surface area (Å²) < 4.78 is 45.6. The number of morpholine rings is 1. The molecule has 1 atom stereocenters. The van der Waals surface area contributed by atoms with Crippen LogP contribution in [-0.4, -0.2) is 51.0 Å². The van der Waals surface area contributed by atoms with Gasteiger partial charge in [0.2, 0.25) is 10.0 Å². The maximum absolute atomic E-state index is 14.1. The second-order valence-corrected chi connectivity index (χ2v) is 8.07. The number of carbonyl (C=O) groups is 1. The molecular weight excluding hydrogens is 335 g/mol. The third-order valence-electron chi connectivity index (χ3n) is 4.14. The molecule has 1 aromatic carbocycles. The smallest absolute Gasteiger partial charge is 0.251 e. The summed E-state index contributed by atoms with van der Waals surface area (Å²) in [6, 6.07) is 3.32. The summed E-state index contributed by atoms with van der Waals surface area (Å²) in [5.41, 5.74) is 0.121. The van der Waals surface area contributed by atoms with Crippen LogP contribution in [0.3, 0.4) is 0 Å². The molecule has 24 heavy (non-hydrogen) atoms. The summed E-state index contributed by atoms with van der Waals surface area (Å²) in [7, 11) is -4.00. The van der Waals surface area contributed by atoms with E-state index >= 15 is 0 Å². The lowest BCUT2D eigenvalue weighted by Crippen LogP contribution is -2.41. The molecule has 1 aliphatic heterocycles. The molecule has 0 bridgehead atoms. The fourth-order valence-electron chi connectivity index (χ4n) is 2.23. The highest BCUT2D eigenvalue weighted by atomic mass is 32.2. The highest BCUT2D eigenvalue weighted by Gasteiger charge is 2.30. The molecule has 0 aliphatic carbocycles. The van der Waals surface area contributed by atoms with Crippen LogP contribution in [0.25, 0.3) is 0 Å². The highest BCUT2D eigenvalue weighted by molar-refractivity contribution is 7.89. The lowest BCUT2D eigenvalue weighted by molar-refractivity contribution is 0.0729. The van der Waals surface area contributed by atoms with Crippen LogP contribution in [0, 0.1) is 11.7 Å². The third-order valence-corrected chi connectivity index (χ3v) is 6.05. The maximum Gasteiger partial charge on any atom is 0.251 e. The van der Waals surface area contributed by atoms with Crippen molar-refractivity contribution in [3.05, 3.63) is 29.6 Å². The van der Waals surface area contributed by atoms with E-state index in [2.05, 4.69) is 5.32 Å². The Kier molecular flexibility index (Phi) is 5.95. The lowest BCUT2D eigenvalue weighted by Gasteiger charge is -2.26. The molecule has 1 N–H and O–H groups in total. The van der Waals surface area contributed by atoms with Gasteiger partial charge in [-0.3, -0.25) is 4.79 Å². The van der Waals surface area contributed by atoms with E-state index in [1.165, 1.54) is 10.4 Å². The van der Waals surface area contributed by atoms with E-state index in [1.807, 2.05) is 20.8 Å². The van der Waals surface area contributed by atoms with E-state index < -0.39 is 26.6 Å². The van der Waals surface area contributed by atoms with Gasteiger partial charge in [-0.2, -0.15) is 4.31 Å². The molecule has 0 aromatic heterocycles. The molecule has 1 aromatic rings. The Balaban J connectivity index is 2.29. The molecule has 0 spiro atoms. The first-order valence-electron chi connectivity index (χ1n) is 7.92. The minimum atomic E-state index is -4.00. The third kappa shape index (κ3) is 4.12. The minimum absolute atomic E-state index is 0.0816. The maximum atomic E-state index is 14.1. The number of hydrogen-bond donors (Lipinski definition) is 1. The van der Waals surface area contributed by atoms with Gasteiger partial charge in [0.05, 0.1) is 13.2 Å². The Morgan fingerprint density at radius 3 is 2.46 bits per heavy atom. The second-order valence-electron chi connectivity index (χ2n) is 6.17. The molecule has 1 heterocycles. The standard InChI is InChI=1S/C16H23FN2O4S/c1-11(2)12(3)18-16(20)13-4-5-14(17)15(10-13)24(21,22)19-6-8-23-9-7-19/h4-5,10-12H,6-9H2,1-3H3,(H,18,20)/t12-/m1/s1. The fraction of sp³-hybridized carbons (Fsp3) is 0.562. The SMILES string of the molecule is CC(C)[C@@H](C)NC(=O)c1ccc(F)c(S(=O)(=O)N2CCOCC2)c1. The normalized spacial score (nSPS) is 17.7. The first kappa shape index (κ1) is 18.8. The zero-order chi connectivity index (χ0) is 17.9. The molecule has 1 saturated heterocycles. The summed E-state index contributed by atoms with van der Waals surface area (Å²) in [6.45, 7) is 6.66. The molecule has 8 heteroatoms. The number of benzene rings is 1. The van der Waals surface area contributed by atoms with Gasteiger partial charge in [0.15, 0.2) is 0 Å². The molecule has 0 unspecified atom stereocenters. The molecule has 2 rings (SSSR count). The molecule has 1 aliphatic rings. The molecule has 0 radical (unpaired) electrons. The Morgan fingerprint density at radius 2 is 1.88 bits per heavy atom. The van der Waals surface area contributed by atoms with Crippen LogP contribution in [-0.2, 0) is 14.8 Å². The van der Waals surface area contributed by atoms with Gasteiger partial charge < -0.3 is 10.1 Å². The van der Waals surface area contributed by atoms with Crippen molar-refractivity contribution >= 4 is 15.9 Å². The van der Waals surface area contributed by atoms with Gasteiger partial charge in [0.1, 0.15) is 10.7 Å². The van der Waals surface area contributed by atoms with Gasteiger partial charge >= 0.3 is 0 Å². The van der Waals surface area contributed by atoms with E-state index in [0.29, 0.717) is 0 Å². The number of halogens is 1. The van der Waals surface area contributed by atoms with E-state index in [4.69, 9.17) is 4.74 Å². The van der Waals surface area contributed by atoms with Crippen LogP contribution < -0.4 is 5.32 Å². The zero-order valence-electron chi connectivity index (χ0n) is 14.1. The molecule has 134 valence electrons. The van der Waals surface area contributed by atoms with Gasteiger partial charge in [-0.1, -0.05) is 13.8 Å². The molecular formula is C16H23FN2O4S. The van der Waals surface area contributed by atoms with Crippen LogP contribution in [0.1, 0.15) is 31.1 Å². The monoisotopic (exact) mass is 358 g/mol. The molecule has 1 amide bonds. The molecule has 6 nitrogen and oxygen atoms in total. The van der Waals surface area contributed by atoms with Gasteiger partial charge in [-0.05, 0) is 31.0 Å². The average molecular weight is 358 g/mol. The van der Waals surface area contributed by atoms with E-state index in [9.17, 15) is 17.6 Å². The summed E-state index contributed by atoms with van der Waals surface area (Å²) in [5.74, 6) is -1.06. The lowest BCUT2D eigenvalue weighted by atomic mass is 10.1. The van der Waals surface area contributed by atoms with Crippen LogP contribution in [0.2, 0.25) is 0 Å². The molecule has 0 saturated carbocycles. The number of sulfonamides is 1. The Bertz CT molecular complexity index is 700. The summed E-state index contributed by atoms with van der Waals surface area (Å²) >= 11 is 0. The van der Waals surface area contributed by atoms with Gasteiger partial charge in [0.25, 0.3) is 5.91 Å². The number of nitrogens with one attached hydrogen (secondary N) is 1. The van der Waals surface area contributed by atoms with Crippen molar-refractivity contribution in [2.75, 3.05) is 26.3 Å². The number of amides is 1. The first-order chi connectivity index (χ1) is 11.2. The van der Waals surface area contributed by atoms with Crippen molar-refractivity contribution in [1.82, 2.24) is 9.62 Å².